The zero-order valence-corrected chi connectivity index (χ0v) is 11.4. The van der Waals surface area contributed by atoms with E-state index in [0.29, 0.717) is 12.1 Å². The Hall–Kier alpha value is -1.88. The number of aliphatic hydroxyl groups is 1. The Kier molecular flexibility index (Phi) is 4.74. The van der Waals surface area contributed by atoms with E-state index in [1.165, 1.54) is 25.3 Å². The molecule has 1 amide bonds. The molecule has 4 nitrogen and oxygen atoms in total. The molecule has 0 spiro atoms. The van der Waals surface area contributed by atoms with E-state index in [0.717, 1.165) is 12.8 Å². The van der Waals surface area contributed by atoms with Crippen LogP contribution in [0.2, 0.25) is 0 Å². The highest BCUT2D eigenvalue weighted by Crippen LogP contribution is 2.20. The second-order valence-corrected chi connectivity index (χ2v) is 4.74. The molecule has 1 heterocycles. The first-order chi connectivity index (χ1) is 9.65. The van der Waals surface area contributed by atoms with Gasteiger partial charge in [-0.2, -0.15) is 0 Å². The molecule has 1 fully saturated rings. The van der Waals surface area contributed by atoms with E-state index in [-0.39, 0.29) is 24.3 Å². The van der Waals surface area contributed by atoms with Crippen LogP contribution in [0.25, 0.3) is 6.08 Å². The number of carbonyl (C=O) groups is 1. The highest BCUT2D eigenvalue weighted by molar-refractivity contribution is 5.92. The normalized spacial score (nSPS) is 18.8. The number of halogens is 1. The maximum absolute atomic E-state index is 13.3. The molecule has 5 heteroatoms. The monoisotopic (exact) mass is 279 g/mol. The summed E-state index contributed by atoms with van der Waals surface area (Å²) >= 11 is 0. The molecule has 0 bridgehead atoms. The quantitative estimate of drug-likeness (QED) is 0.855. The third kappa shape index (κ3) is 3.17. The molecule has 0 saturated carbocycles. The topological polar surface area (TPSA) is 49.8 Å². The Balaban J connectivity index is 2.07. The molecule has 1 N–H and O–H groups in total. The number of nitrogens with zero attached hydrogens (tertiary/aromatic N) is 1. The van der Waals surface area contributed by atoms with Crippen LogP contribution in [0.15, 0.2) is 24.3 Å². The highest BCUT2D eigenvalue weighted by Gasteiger charge is 2.26. The maximum Gasteiger partial charge on any atom is 0.246 e. The molecule has 1 aromatic carbocycles. The molecule has 108 valence electrons. The Morgan fingerprint density at radius 1 is 1.60 bits per heavy atom. The summed E-state index contributed by atoms with van der Waals surface area (Å²) in [5.74, 6) is -0.422. The summed E-state index contributed by atoms with van der Waals surface area (Å²) in [4.78, 5) is 13.7. The predicted octanol–water partition coefficient (Wildman–Crippen LogP) is 1.83. The Labute approximate surface area is 117 Å². The average Bonchev–Trinajstić information content (AvgIpc) is 2.94. The second-order valence-electron chi connectivity index (χ2n) is 4.74. The largest absolute Gasteiger partial charge is 0.494 e. The molecule has 1 saturated heterocycles. The fourth-order valence-electron chi connectivity index (χ4n) is 2.36. The van der Waals surface area contributed by atoms with Gasteiger partial charge in [-0.25, -0.2) is 4.39 Å². The van der Waals surface area contributed by atoms with Crippen molar-refractivity contribution in [3.63, 3.8) is 0 Å². The first kappa shape index (κ1) is 14.5. The fourth-order valence-corrected chi connectivity index (χ4v) is 2.36. The molecular formula is C15H18FNO3. The standard InChI is InChI=1S/C15H18FNO3/c1-20-14-9-11(4-6-13(14)16)5-7-15(19)17-8-2-3-12(17)10-18/h4-7,9,12,18H,2-3,8,10H2,1H3/b7-5+/t12-/m1/s1. The van der Waals surface area contributed by atoms with E-state index in [2.05, 4.69) is 0 Å². The molecule has 2 rings (SSSR count). The maximum atomic E-state index is 13.3. The third-order valence-corrected chi connectivity index (χ3v) is 3.46. The van der Waals surface area contributed by atoms with Gasteiger partial charge in [-0.05, 0) is 36.6 Å². The highest BCUT2D eigenvalue weighted by atomic mass is 19.1. The van der Waals surface area contributed by atoms with E-state index in [1.54, 1.807) is 17.0 Å². The van der Waals surface area contributed by atoms with E-state index in [4.69, 9.17) is 4.74 Å². The van der Waals surface area contributed by atoms with Gasteiger partial charge >= 0.3 is 0 Å². The minimum absolute atomic E-state index is 0.00997. The summed E-state index contributed by atoms with van der Waals surface area (Å²) < 4.78 is 18.1. The molecular weight excluding hydrogens is 261 g/mol. The van der Waals surface area contributed by atoms with Crippen molar-refractivity contribution >= 4 is 12.0 Å². The minimum Gasteiger partial charge on any atom is -0.494 e. The van der Waals surface area contributed by atoms with Crippen LogP contribution >= 0.6 is 0 Å². The summed E-state index contributed by atoms with van der Waals surface area (Å²) in [6.07, 6.45) is 4.81. The van der Waals surface area contributed by atoms with Crippen molar-refractivity contribution in [2.45, 2.75) is 18.9 Å². The lowest BCUT2D eigenvalue weighted by molar-refractivity contribution is -0.127. The van der Waals surface area contributed by atoms with Crippen LogP contribution in [0.5, 0.6) is 5.75 Å². The van der Waals surface area contributed by atoms with Crippen LogP contribution in [0.1, 0.15) is 18.4 Å². The lowest BCUT2D eigenvalue weighted by Crippen LogP contribution is -2.36. The van der Waals surface area contributed by atoms with Gasteiger partial charge in [0, 0.05) is 12.6 Å². The molecule has 0 aromatic heterocycles. The van der Waals surface area contributed by atoms with Crippen molar-refractivity contribution in [2.75, 3.05) is 20.3 Å². The average molecular weight is 279 g/mol. The Morgan fingerprint density at radius 2 is 2.40 bits per heavy atom. The van der Waals surface area contributed by atoms with Crippen molar-refractivity contribution in [1.82, 2.24) is 4.90 Å². The summed E-state index contributed by atoms with van der Waals surface area (Å²) in [6, 6.07) is 4.33. The smallest absolute Gasteiger partial charge is 0.246 e. The number of hydrogen-bond donors (Lipinski definition) is 1. The molecule has 20 heavy (non-hydrogen) atoms. The summed E-state index contributed by atoms with van der Waals surface area (Å²) in [5.41, 5.74) is 0.691. The molecule has 0 radical (unpaired) electrons. The zero-order chi connectivity index (χ0) is 14.5. The van der Waals surface area contributed by atoms with Crippen LogP contribution in [-0.2, 0) is 4.79 Å². The number of methoxy groups -OCH3 is 1. The SMILES string of the molecule is COc1cc(/C=C/C(=O)N2CCC[C@@H]2CO)ccc1F. The number of ether oxygens (including phenoxy) is 1. The van der Waals surface area contributed by atoms with Gasteiger partial charge < -0.3 is 14.7 Å². The molecule has 1 aliphatic heterocycles. The van der Waals surface area contributed by atoms with Gasteiger partial charge in [0.25, 0.3) is 0 Å². The van der Waals surface area contributed by atoms with Crippen LogP contribution < -0.4 is 4.74 Å². The van der Waals surface area contributed by atoms with Gasteiger partial charge in [-0.3, -0.25) is 4.79 Å². The number of likely N-dealkylation sites (tertiary alicyclic amines) is 1. The summed E-state index contributed by atoms with van der Waals surface area (Å²) in [6.45, 7) is 0.658. The number of amides is 1. The van der Waals surface area contributed by atoms with Crippen molar-refractivity contribution in [1.29, 1.82) is 0 Å². The number of rotatable bonds is 4. The van der Waals surface area contributed by atoms with Crippen LogP contribution in [0, 0.1) is 5.82 Å². The van der Waals surface area contributed by atoms with Gasteiger partial charge in [-0.1, -0.05) is 6.07 Å². The van der Waals surface area contributed by atoms with Crippen molar-refractivity contribution in [3.05, 3.63) is 35.7 Å². The molecule has 0 unspecified atom stereocenters. The van der Waals surface area contributed by atoms with Crippen molar-refractivity contribution < 1.29 is 19.0 Å². The van der Waals surface area contributed by atoms with E-state index in [1.807, 2.05) is 0 Å². The first-order valence-corrected chi connectivity index (χ1v) is 6.58. The first-order valence-electron chi connectivity index (χ1n) is 6.58. The fraction of sp³-hybridized carbons (Fsp3) is 0.400. The van der Waals surface area contributed by atoms with Crippen LogP contribution in [0.4, 0.5) is 4.39 Å². The summed E-state index contributed by atoms with van der Waals surface area (Å²) in [5, 5.41) is 9.19. The van der Waals surface area contributed by atoms with Gasteiger partial charge in [0.15, 0.2) is 11.6 Å². The second kappa shape index (κ2) is 6.52. The van der Waals surface area contributed by atoms with Crippen molar-refractivity contribution in [3.8, 4) is 5.75 Å². The number of carbonyl (C=O) groups excluding carboxylic acids is 1. The Bertz CT molecular complexity index is 516. The number of hydrogen-bond acceptors (Lipinski definition) is 3. The van der Waals surface area contributed by atoms with Crippen LogP contribution in [0.3, 0.4) is 0 Å². The zero-order valence-electron chi connectivity index (χ0n) is 11.4. The van der Waals surface area contributed by atoms with Gasteiger partial charge in [0.1, 0.15) is 0 Å². The van der Waals surface area contributed by atoms with E-state index in [9.17, 15) is 14.3 Å². The molecule has 0 aliphatic carbocycles. The Morgan fingerprint density at radius 3 is 3.10 bits per heavy atom. The summed E-state index contributed by atoms with van der Waals surface area (Å²) in [7, 11) is 1.40. The number of aliphatic hydroxyl groups excluding tert-OH is 1. The number of benzene rings is 1. The van der Waals surface area contributed by atoms with E-state index >= 15 is 0 Å². The molecule has 1 atom stereocenters. The van der Waals surface area contributed by atoms with Gasteiger partial charge in [0.05, 0.1) is 19.8 Å². The van der Waals surface area contributed by atoms with Crippen molar-refractivity contribution in [2.24, 2.45) is 0 Å². The van der Waals surface area contributed by atoms with Gasteiger partial charge in [-0.15, -0.1) is 0 Å². The molecule has 1 aliphatic rings. The van der Waals surface area contributed by atoms with Crippen LogP contribution in [-0.4, -0.2) is 42.2 Å². The third-order valence-electron chi connectivity index (χ3n) is 3.46. The lowest BCUT2D eigenvalue weighted by atomic mass is 10.2. The van der Waals surface area contributed by atoms with Gasteiger partial charge in [0.2, 0.25) is 5.91 Å². The van der Waals surface area contributed by atoms with E-state index < -0.39 is 5.82 Å². The molecule has 1 aromatic rings. The predicted molar refractivity (Wildman–Crippen MR) is 73.8 cm³/mol. The minimum atomic E-state index is -0.434. The lowest BCUT2D eigenvalue weighted by Gasteiger charge is -2.21.